The number of rotatable bonds is 4. The number of hydrogen-bond donors (Lipinski definition) is 2. The molecule has 1 amide bonds. The van der Waals surface area contributed by atoms with Crippen molar-refractivity contribution >= 4 is 23.1 Å². The number of amides is 1. The van der Waals surface area contributed by atoms with Gasteiger partial charge in [0, 0.05) is 11.8 Å². The minimum absolute atomic E-state index is 0.283. The van der Waals surface area contributed by atoms with Crippen molar-refractivity contribution in [1.82, 2.24) is 20.4 Å². The number of carbonyl (C=O) groups is 1. The number of thiazole rings is 1. The molecule has 2 N–H and O–H groups in total. The molecule has 2 heterocycles. The molecule has 2 aromatic heterocycles. The molecule has 6 nitrogen and oxygen atoms in total. The van der Waals surface area contributed by atoms with E-state index in [0.717, 1.165) is 11.4 Å². The SMILES string of the molecule is O=C(Nc1cn[nH]n1)c1csc(Cc2ccccc2)n1. The van der Waals surface area contributed by atoms with Crippen LogP contribution in [0.5, 0.6) is 0 Å². The molecule has 100 valence electrons. The molecular formula is C13H11N5OS. The minimum atomic E-state index is -0.283. The molecule has 7 heteroatoms. The van der Waals surface area contributed by atoms with Crippen molar-refractivity contribution < 1.29 is 4.79 Å². The molecule has 0 aliphatic heterocycles. The third-order valence-electron chi connectivity index (χ3n) is 2.64. The number of nitrogens with zero attached hydrogens (tertiary/aromatic N) is 3. The van der Waals surface area contributed by atoms with E-state index < -0.39 is 0 Å². The van der Waals surface area contributed by atoms with Crippen molar-refractivity contribution in [1.29, 1.82) is 0 Å². The number of aromatic nitrogens is 4. The van der Waals surface area contributed by atoms with Crippen LogP contribution in [-0.4, -0.2) is 26.3 Å². The topological polar surface area (TPSA) is 83.6 Å². The van der Waals surface area contributed by atoms with E-state index in [1.54, 1.807) is 5.38 Å². The highest BCUT2D eigenvalue weighted by Gasteiger charge is 2.12. The van der Waals surface area contributed by atoms with Gasteiger partial charge in [-0.15, -0.1) is 16.4 Å². The van der Waals surface area contributed by atoms with Gasteiger partial charge in [0.05, 0.1) is 11.2 Å². The highest BCUT2D eigenvalue weighted by molar-refractivity contribution is 7.09. The average Bonchev–Trinajstić information content (AvgIpc) is 3.11. The van der Waals surface area contributed by atoms with Crippen LogP contribution in [0.15, 0.2) is 41.9 Å². The van der Waals surface area contributed by atoms with Crippen molar-refractivity contribution in [3.8, 4) is 0 Å². The van der Waals surface area contributed by atoms with Gasteiger partial charge in [-0.2, -0.15) is 10.3 Å². The molecule has 0 aliphatic carbocycles. The fraction of sp³-hybridized carbons (Fsp3) is 0.0769. The first kappa shape index (κ1) is 12.5. The van der Waals surface area contributed by atoms with Crippen molar-refractivity contribution in [3.05, 3.63) is 58.2 Å². The molecular weight excluding hydrogens is 274 g/mol. The predicted octanol–water partition coefficient (Wildman–Crippen LogP) is 2.10. The second kappa shape index (κ2) is 5.62. The van der Waals surface area contributed by atoms with Gasteiger partial charge in [0.2, 0.25) is 0 Å². The first-order chi connectivity index (χ1) is 9.81. The van der Waals surface area contributed by atoms with Crippen LogP contribution in [0, 0.1) is 0 Å². The van der Waals surface area contributed by atoms with Gasteiger partial charge in [0.1, 0.15) is 5.69 Å². The molecule has 0 saturated heterocycles. The van der Waals surface area contributed by atoms with Crippen molar-refractivity contribution in [2.24, 2.45) is 0 Å². The van der Waals surface area contributed by atoms with E-state index >= 15 is 0 Å². The summed E-state index contributed by atoms with van der Waals surface area (Å²) in [5.74, 6) is 0.0991. The normalized spacial score (nSPS) is 10.4. The van der Waals surface area contributed by atoms with Gasteiger partial charge in [-0.3, -0.25) is 4.79 Å². The molecule has 0 aliphatic rings. The Morgan fingerprint density at radius 2 is 2.15 bits per heavy atom. The summed E-state index contributed by atoms with van der Waals surface area (Å²) in [5.41, 5.74) is 1.56. The van der Waals surface area contributed by atoms with Gasteiger partial charge in [0.15, 0.2) is 5.82 Å². The molecule has 0 unspecified atom stereocenters. The summed E-state index contributed by atoms with van der Waals surface area (Å²) in [6.07, 6.45) is 2.16. The Morgan fingerprint density at radius 3 is 2.90 bits per heavy atom. The van der Waals surface area contributed by atoms with Crippen molar-refractivity contribution in [2.45, 2.75) is 6.42 Å². The molecule has 0 saturated carbocycles. The van der Waals surface area contributed by atoms with E-state index in [4.69, 9.17) is 0 Å². The Balaban J connectivity index is 1.69. The largest absolute Gasteiger partial charge is 0.302 e. The van der Waals surface area contributed by atoms with Gasteiger partial charge >= 0.3 is 0 Å². The summed E-state index contributed by atoms with van der Waals surface area (Å²) < 4.78 is 0. The smallest absolute Gasteiger partial charge is 0.276 e. The Kier molecular flexibility index (Phi) is 3.51. The number of nitrogens with one attached hydrogen (secondary N) is 2. The van der Waals surface area contributed by atoms with Gasteiger partial charge in [-0.25, -0.2) is 4.98 Å². The van der Waals surface area contributed by atoms with Crippen LogP contribution in [0.2, 0.25) is 0 Å². The Labute approximate surface area is 118 Å². The lowest BCUT2D eigenvalue weighted by molar-refractivity contribution is 0.102. The van der Waals surface area contributed by atoms with E-state index in [9.17, 15) is 4.79 Å². The Hall–Kier alpha value is -2.54. The summed E-state index contributed by atoms with van der Waals surface area (Å²) in [6.45, 7) is 0. The Morgan fingerprint density at radius 1 is 1.30 bits per heavy atom. The first-order valence-electron chi connectivity index (χ1n) is 5.97. The number of H-pyrrole nitrogens is 1. The fourth-order valence-electron chi connectivity index (χ4n) is 1.71. The van der Waals surface area contributed by atoms with E-state index in [-0.39, 0.29) is 5.91 Å². The van der Waals surface area contributed by atoms with Gasteiger partial charge in [0.25, 0.3) is 5.91 Å². The molecule has 0 spiro atoms. The van der Waals surface area contributed by atoms with Crippen molar-refractivity contribution in [3.63, 3.8) is 0 Å². The number of benzene rings is 1. The zero-order valence-corrected chi connectivity index (χ0v) is 11.2. The van der Waals surface area contributed by atoms with E-state index in [2.05, 4.69) is 25.7 Å². The maximum absolute atomic E-state index is 11.9. The van der Waals surface area contributed by atoms with Gasteiger partial charge in [-0.05, 0) is 5.56 Å². The predicted molar refractivity (Wildman–Crippen MR) is 75.7 cm³/mol. The highest BCUT2D eigenvalue weighted by Crippen LogP contribution is 2.15. The summed E-state index contributed by atoms with van der Waals surface area (Å²) in [6, 6.07) is 10.0. The quantitative estimate of drug-likeness (QED) is 0.769. The van der Waals surface area contributed by atoms with Crippen LogP contribution >= 0.6 is 11.3 Å². The van der Waals surface area contributed by atoms with Crippen LogP contribution in [0.3, 0.4) is 0 Å². The number of carbonyl (C=O) groups excluding carboxylic acids is 1. The maximum atomic E-state index is 11.9. The van der Waals surface area contributed by atoms with E-state index in [0.29, 0.717) is 11.5 Å². The maximum Gasteiger partial charge on any atom is 0.276 e. The monoisotopic (exact) mass is 285 g/mol. The summed E-state index contributed by atoms with van der Waals surface area (Å²) in [7, 11) is 0. The lowest BCUT2D eigenvalue weighted by Crippen LogP contribution is -2.12. The molecule has 0 fully saturated rings. The zero-order chi connectivity index (χ0) is 13.8. The second-order valence-electron chi connectivity index (χ2n) is 4.10. The molecule has 1 aromatic carbocycles. The second-order valence-corrected chi connectivity index (χ2v) is 5.04. The van der Waals surface area contributed by atoms with Crippen LogP contribution in [0.25, 0.3) is 0 Å². The summed E-state index contributed by atoms with van der Waals surface area (Å²) in [4.78, 5) is 16.3. The highest BCUT2D eigenvalue weighted by atomic mass is 32.1. The van der Waals surface area contributed by atoms with Crippen LogP contribution < -0.4 is 5.32 Å². The molecule has 3 rings (SSSR count). The molecule has 0 atom stereocenters. The molecule has 0 radical (unpaired) electrons. The van der Waals surface area contributed by atoms with Crippen LogP contribution in [0.4, 0.5) is 5.82 Å². The Bertz CT molecular complexity index is 693. The van der Waals surface area contributed by atoms with Crippen LogP contribution in [-0.2, 0) is 6.42 Å². The zero-order valence-electron chi connectivity index (χ0n) is 10.4. The lowest BCUT2D eigenvalue weighted by atomic mass is 10.2. The third kappa shape index (κ3) is 2.89. The minimum Gasteiger partial charge on any atom is -0.302 e. The number of hydrogen-bond acceptors (Lipinski definition) is 5. The van der Waals surface area contributed by atoms with Crippen molar-refractivity contribution in [2.75, 3.05) is 5.32 Å². The lowest BCUT2D eigenvalue weighted by Gasteiger charge is -1.97. The first-order valence-corrected chi connectivity index (χ1v) is 6.84. The van der Waals surface area contributed by atoms with Gasteiger partial charge < -0.3 is 5.32 Å². The standard InChI is InChI=1S/C13H11N5OS/c19-13(16-11-7-14-18-17-11)10-8-20-12(15-10)6-9-4-2-1-3-5-9/h1-5,7-8H,6H2,(H2,14,16,17,18,19). The number of anilines is 1. The molecule has 3 aromatic rings. The van der Waals surface area contributed by atoms with E-state index in [1.165, 1.54) is 23.1 Å². The summed E-state index contributed by atoms with van der Waals surface area (Å²) >= 11 is 1.47. The van der Waals surface area contributed by atoms with Crippen LogP contribution in [0.1, 0.15) is 21.1 Å². The molecule has 0 bridgehead atoms. The summed E-state index contributed by atoms with van der Waals surface area (Å²) in [5, 5.41) is 15.1. The average molecular weight is 285 g/mol. The third-order valence-corrected chi connectivity index (χ3v) is 3.49. The van der Waals surface area contributed by atoms with E-state index in [1.807, 2.05) is 30.3 Å². The number of aromatic amines is 1. The fourth-order valence-corrected chi connectivity index (χ4v) is 2.52. The molecule has 20 heavy (non-hydrogen) atoms. The van der Waals surface area contributed by atoms with Gasteiger partial charge in [-0.1, -0.05) is 30.3 Å².